The summed E-state index contributed by atoms with van der Waals surface area (Å²) in [6.45, 7) is 4.15. The lowest BCUT2D eigenvalue weighted by atomic mass is 10.1. The Balaban J connectivity index is 2.15. The zero-order chi connectivity index (χ0) is 13.8. The number of carbonyl (C=O) groups excluding carboxylic acids is 1. The van der Waals surface area contributed by atoms with Gasteiger partial charge in [0.25, 0.3) is 11.5 Å². The van der Waals surface area contributed by atoms with E-state index in [1.807, 2.05) is 31.2 Å². The van der Waals surface area contributed by atoms with Gasteiger partial charge in [-0.15, -0.1) is 0 Å². The molecule has 0 radical (unpaired) electrons. The summed E-state index contributed by atoms with van der Waals surface area (Å²) in [5.74, 6) is -0.345. The Morgan fingerprint density at radius 3 is 2.58 bits per heavy atom. The molecule has 2 rings (SSSR count). The van der Waals surface area contributed by atoms with Crippen molar-refractivity contribution >= 4 is 5.91 Å². The third-order valence-corrected chi connectivity index (χ3v) is 3.10. The molecule has 1 aromatic heterocycles. The van der Waals surface area contributed by atoms with Crippen LogP contribution in [0.15, 0.2) is 41.3 Å². The topological polar surface area (TPSA) is 62.0 Å². The number of amides is 1. The summed E-state index contributed by atoms with van der Waals surface area (Å²) >= 11 is 0. The fourth-order valence-electron chi connectivity index (χ4n) is 1.93. The van der Waals surface area contributed by atoms with Gasteiger partial charge in [0.1, 0.15) is 5.56 Å². The first-order valence-electron chi connectivity index (χ1n) is 6.10. The lowest BCUT2D eigenvalue weighted by Gasteiger charge is -2.08. The van der Waals surface area contributed by atoms with E-state index in [0.29, 0.717) is 12.1 Å². The molecule has 0 fully saturated rings. The van der Waals surface area contributed by atoms with Crippen LogP contribution in [0.5, 0.6) is 0 Å². The van der Waals surface area contributed by atoms with Crippen molar-refractivity contribution in [1.82, 2.24) is 10.3 Å². The van der Waals surface area contributed by atoms with E-state index in [4.69, 9.17) is 0 Å². The maximum absolute atomic E-state index is 12.0. The fourth-order valence-corrected chi connectivity index (χ4v) is 1.93. The van der Waals surface area contributed by atoms with Crippen LogP contribution in [0, 0.1) is 13.8 Å². The molecule has 0 spiro atoms. The van der Waals surface area contributed by atoms with E-state index >= 15 is 0 Å². The van der Waals surface area contributed by atoms with Crippen molar-refractivity contribution in [2.24, 2.45) is 0 Å². The average molecular weight is 256 g/mol. The molecule has 1 heterocycles. The van der Waals surface area contributed by atoms with E-state index < -0.39 is 0 Å². The molecule has 4 nitrogen and oxygen atoms in total. The Hall–Kier alpha value is -2.36. The number of benzene rings is 1. The number of aryl methyl sites for hydroxylation is 2. The van der Waals surface area contributed by atoms with Crippen molar-refractivity contribution < 1.29 is 4.79 Å². The van der Waals surface area contributed by atoms with Crippen LogP contribution in [0.2, 0.25) is 0 Å². The van der Waals surface area contributed by atoms with Crippen LogP contribution in [0.25, 0.3) is 0 Å². The van der Waals surface area contributed by atoms with E-state index in [2.05, 4.69) is 10.3 Å². The first-order chi connectivity index (χ1) is 9.09. The van der Waals surface area contributed by atoms with Crippen molar-refractivity contribution in [2.45, 2.75) is 20.4 Å². The predicted molar refractivity (Wildman–Crippen MR) is 74.1 cm³/mol. The SMILES string of the molecule is Cc1ccccc1CNC(=O)c1c(C)cc[nH]c1=O. The fraction of sp³-hybridized carbons (Fsp3) is 0.200. The highest BCUT2D eigenvalue weighted by Gasteiger charge is 2.12. The van der Waals surface area contributed by atoms with Crippen molar-refractivity contribution in [2.75, 3.05) is 0 Å². The highest BCUT2D eigenvalue weighted by atomic mass is 16.2. The molecule has 0 bridgehead atoms. The smallest absolute Gasteiger partial charge is 0.261 e. The number of pyridine rings is 1. The molecule has 98 valence electrons. The Labute approximate surface area is 111 Å². The lowest BCUT2D eigenvalue weighted by Crippen LogP contribution is -2.30. The molecule has 0 unspecified atom stereocenters. The summed E-state index contributed by atoms with van der Waals surface area (Å²) in [7, 11) is 0. The van der Waals surface area contributed by atoms with Crippen molar-refractivity contribution in [1.29, 1.82) is 0 Å². The largest absolute Gasteiger partial charge is 0.348 e. The zero-order valence-electron chi connectivity index (χ0n) is 11.0. The molecule has 19 heavy (non-hydrogen) atoms. The van der Waals surface area contributed by atoms with Crippen LogP contribution < -0.4 is 10.9 Å². The number of rotatable bonds is 3. The Morgan fingerprint density at radius 1 is 1.16 bits per heavy atom. The molecular formula is C15H16N2O2. The van der Waals surface area contributed by atoms with E-state index in [0.717, 1.165) is 11.1 Å². The number of aromatic nitrogens is 1. The number of carbonyl (C=O) groups is 1. The van der Waals surface area contributed by atoms with Crippen LogP contribution in [0.3, 0.4) is 0 Å². The Kier molecular flexibility index (Phi) is 3.80. The molecule has 0 aliphatic carbocycles. The number of hydrogen-bond donors (Lipinski definition) is 2. The summed E-state index contributed by atoms with van der Waals surface area (Å²) in [5, 5.41) is 2.78. The zero-order valence-corrected chi connectivity index (χ0v) is 11.0. The quantitative estimate of drug-likeness (QED) is 0.881. The van der Waals surface area contributed by atoms with E-state index in [9.17, 15) is 9.59 Å². The van der Waals surface area contributed by atoms with Gasteiger partial charge in [-0.1, -0.05) is 24.3 Å². The van der Waals surface area contributed by atoms with Crippen LogP contribution >= 0.6 is 0 Å². The van der Waals surface area contributed by atoms with E-state index in [1.165, 1.54) is 6.20 Å². The number of aromatic amines is 1. The molecule has 0 saturated heterocycles. The van der Waals surface area contributed by atoms with Crippen molar-refractivity contribution in [3.8, 4) is 0 Å². The molecular weight excluding hydrogens is 240 g/mol. The first-order valence-corrected chi connectivity index (χ1v) is 6.10. The van der Waals surface area contributed by atoms with Gasteiger partial charge in [-0.2, -0.15) is 0 Å². The van der Waals surface area contributed by atoms with Crippen LogP contribution in [-0.4, -0.2) is 10.9 Å². The third-order valence-electron chi connectivity index (χ3n) is 3.10. The third kappa shape index (κ3) is 2.91. The number of hydrogen-bond acceptors (Lipinski definition) is 2. The summed E-state index contributed by atoms with van der Waals surface area (Å²) in [6, 6.07) is 9.53. The van der Waals surface area contributed by atoms with E-state index in [1.54, 1.807) is 13.0 Å². The van der Waals surface area contributed by atoms with Crippen LogP contribution in [-0.2, 0) is 6.54 Å². The van der Waals surface area contributed by atoms with Gasteiger partial charge in [-0.3, -0.25) is 9.59 Å². The van der Waals surface area contributed by atoms with Gasteiger partial charge in [0.15, 0.2) is 0 Å². The van der Waals surface area contributed by atoms with Gasteiger partial charge >= 0.3 is 0 Å². The highest BCUT2D eigenvalue weighted by molar-refractivity contribution is 5.95. The van der Waals surface area contributed by atoms with Gasteiger partial charge < -0.3 is 10.3 Å². The molecule has 4 heteroatoms. The minimum absolute atomic E-state index is 0.177. The van der Waals surface area contributed by atoms with Crippen LogP contribution in [0.1, 0.15) is 27.0 Å². The Bertz CT molecular complexity index is 659. The molecule has 0 aliphatic heterocycles. The average Bonchev–Trinajstić information content (AvgIpc) is 2.37. The minimum Gasteiger partial charge on any atom is -0.348 e. The summed E-state index contributed by atoms with van der Waals surface area (Å²) in [5.41, 5.74) is 2.65. The van der Waals surface area contributed by atoms with E-state index in [-0.39, 0.29) is 17.0 Å². The monoisotopic (exact) mass is 256 g/mol. The second kappa shape index (κ2) is 5.52. The Morgan fingerprint density at radius 2 is 1.89 bits per heavy atom. The molecule has 0 aliphatic rings. The lowest BCUT2D eigenvalue weighted by molar-refractivity contribution is 0.0948. The molecule has 0 saturated carbocycles. The summed E-state index contributed by atoms with van der Waals surface area (Å²) in [4.78, 5) is 26.2. The number of nitrogens with one attached hydrogen (secondary N) is 2. The highest BCUT2D eigenvalue weighted by Crippen LogP contribution is 2.07. The van der Waals surface area contributed by atoms with Gasteiger partial charge in [0.05, 0.1) is 0 Å². The van der Waals surface area contributed by atoms with Gasteiger partial charge in [0.2, 0.25) is 0 Å². The minimum atomic E-state index is -0.359. The summed E-state index contributed by atoms with van der Waals surface area (Å²) in [6.07, 6.45) is 1.54. The number of H-pyrrole nitrogens is 1. The molecule has 0 atom stereocenters. The maximum Gasteiger partial charge on any atom is 0.261 e. The van der Waals surface area contributed by atoms with Gasteiger partial charge in [-0.25, -0.2) is 0 Å². The second-order valence-corrected chi connectivity index (χ2v) is 4.47. The molecule has 2 aromatic rings. The molecule has 1 amide bonds. The standard InChI is InChI=1S/C15H16N2O2/c1-10-5-3-4-6-12(10)9-17-15(19)13-11(2)7-8-16-14(13)18/h3-8H,9H2,1-2H3,(H,16,18)(H,17,19). The van der Waals surface area contributed by atoms with Crippen molar-refractivity contribution in [3.63, 3.8) is 0 Å². The molecule has 1 aromatic carbocycles. The second-order valence-electron chi connectivity index (χ2n) is 4.47. The summed E-state index contributed by atoms with van der Waals surface area (Å²) < 4.78 is 0. The normalized spacial score (nSPS) is 10.2. The first kappa shape index (κ1) is 13.1. The van der Waals surface area contributed by atoms with Gasteiger partial charge in [-0.05, 0) is 36.6 Å². The van der Waals surface area contributed by atoms with Crippen molar-refractivity contribution in [3.05, 3.63) is 69.1 Å². The van der Waals surface area contributed by atoms with Gasteiger partial charge in [0, 0.05) is 12.7 Å². The predicted octanol–water partition coefficient (Wildman–Crippen LogP) is 1.92. The van der Waals surface area contributed by atoms with Crippen LogP contribution in [0.4, 0.5) is 0 Å². The molecule has 2 N–H and O–H groups in total. The maximum atomic E-state index is 12.0.